The van der Waals surface area contributed by atoms with Gasteiger partial charge in [-0.05, 0) is 13.8 Å². The number of esters is 1. The minimum atomic E-state index is -0.724. The van der Waals surface area contributed by atoms with Crippen molar-refractivity contribution in [3.63, 3.8) is 0 Å². The van der Waals surface area contributed by atoms with Gasteiger partial charge in [0, 0.05) is 11.3 Å². The number of carbonyl (C=O) groups is 1. The van der Waals surface area contributed by atoms with Crippen LogP contribution in [0.15, 0.2) is 10.2 Å². The molecule has 12 nitrogen and oxygen atoms in total. The summed E-state index contributed by atoms with van der Waals surface area (Å²) in [5.74, 6) is -0.616. The normalized spacial score (nSPS) is 12.5. The van der Waals surface area contributed by atoms with Crippen molar-refractivity contribution in [3.05, 3.63) is 33.2 Å². The van der Waals surface area contributed by atoms with Crippen LogP contribution in [0.4, 0.5) is 11.5 Å². The topological polar surface area (TPSA) is 150 Å². The van der Waals surface area contributed by atoms with Gasteiger partial charge in [-0.3, -0.25) is 9.69 Å². The van der Waals surface area contributed by atoms with Crippen LogP contribution in [0.5, 0.6) is 0 Å². The molecule has 0 radical (unpaired) electrons. The number of azo groups is 1. The van der Waals surface area contributed by atoms with E-state index in [-0.39, 0.29) is 45.8 Å². The van der Waals surface area contributed by atoms with E-state index in [9.17, 15) is 15.2 Å². The number of fused-ring (bicyclic) bond motifs is 1. The number of aryl methyl sites for hydroxylation is 1. The molecule has 0 aliphatic carbocycles. The molecule has 0 fully saturated rings. The maximum atomic E-state index is 12.5. The summed E-state index contributed by atoms with van der Waals surface area (Å²) in [5, 5.41) is 45.0. The van der Waals surface area contributed by atoms with Crippen LogP contribution >= 0.6 is 0 Å². The van der Waals surface area contributed by atoms with Gasteiger partial charge in [0.15, 0.2) is 23.0 Å². The van der Waals surface area contributed by atoms with E-state index in [1.54, 1.807) is 6.92 Å². The summed E-state index contributed by atoms with van der Waals surface area (Å²) in [6.07, 6.45) is 0. The van der Waals surface area contributed by atoms with Crippen LogP contribution in [0.3, 0.4) is 0 Å². The van der Waals surface area contributed by atoms with Gasteiger partial charge in [0.05, 0.1) is 18.0 Å². The van der Waals surface area contributed by atoms with Crippen molar-refractivity contribution in [2.45, 2.75) is 59.8 Å². The molecule has 0 unspecified atom stereocenters. The van der Waals surface area contributed by atoms with Crippen LogP contribution in [-0.2, 0) is 10.2 Å². The zero-order valence-corrected chi connectivity index (χ0v) is 18.0. The Bertz CT molecular complexity index is 1130. The molecule has 162 valence electrons. The summed E-state index contributed by atoms with van der Waals surface area (Å²) in [6.45, 7) is 12.8. The number of carbonyl (C=O) groups excluding carboxylic acids is 1. The Morgan fingerprint density at radius 2 is 1.80 bits per heavy atom. The van der Waals surface area contributed by atoms with Crippen molar-refractivity contribution >= 4 is 23.1 Å². The summed E-state index contributed by atoms with van der Waals surface area (Å²) in [6, 6.07) is 0. The first kappa shape index (κ1) is 21.3. The number of ether oxygens (including phenoxy) is 1. The number of hydrogen-bond donors (Lipinski definition) is 0. The quantitative estimate of drug-likeness (QED) is 0.454. The Kier molecular flexibility index (Phi) is 5.27. The van der Waals surface area contributed by atoms with Gasteiger partial charge in [-0.2, -0.15) is 19.8 Å². The van der Waals surface area contributed by atoms with Crippen molar-refractivity contribution in [2.75, 3.05) is 6.61 Å². The Hall–Kier alpha value is -3.44. The molecule has 12 heteroatoms. The van der Waals surface area contributed by atoms with Gasteiger partial charge in [0.1, 0.15) is 5.56 Å². The molecule has 0 atom stereocenters. The molecular formula is C18H24N8O4-2. The zero-order valence-electron chi connectivity index (χ0n) is 18.0. The van der Waals surface area contributed by atoms with Gasteiger partial charge in [-0.15, -0.1) is 10.2 Å². The van der Waals surface area contributed by atoms with Crippen LogP contribution in [0.25, 0.3) is 5.65 Å². The lowest BCUT2D eigenvalue weighted by Crippen LogP contribution is -2.13. The first-order valence-corrected chi connectivity index (χ1v) is 9.53. The van der Waals surface area contributed by atoms with E-state index in [2.05, 4.69) is 25.5 Å². The molecule has 3 aromatic rings. The molecule has 0 N–H and O–H groups in total. The smallest absolute Gasteiger partial charge is 0.343 e. The maximum absolute atomic E-state index is 12.5. The highest BCUT2D eigenvalue weighted by atomic mass is 16.5. The third-order valence-corrected chi connectivity index (χ3v) is 4.39. The summed E-state index contributed by atoms with van der Waals surface area (Å²) >= 11 is 0. The van der Waals surface area contributed by atoms with Gasteiger partial charge < -0.3 is 15.2 Å². The lowest BCUT2D eigenvalue weighted by atomic mass is 9.91. The van der Waals surface area contributed by atoms with Crippen molar-refractivity contribution in [2.24, 2.45) is 10.2 Å². The van der Waals surface area contributed by atoms with E-state index in [0.717, 1.165) is 0 Å². The Morgan fingerprint density at radius 3 is 2.37 bits per heavy atom. The third-order valence-electron chi connectivity index (χ3n) is 4.39. The minimum absolute atomic E-state index is 0.0543. The fraction of sp³-hybridized carbons (Fsp3) is 0.556. The highest BCUT2D eigenvalue weighted by Crippen LogP contribution is 2.37. The summed E-state index contributed by atoms with van der Waals surface area (Å²) in [7, 11) is 0. The van der Waals surface area contributed by atoms with Crippen LogP contribution in [0, 0.1) is 17.3 Å². The van der Waals surface area contributed by atoms with Crippen LogP contribution in [0.1, 0.15) is 75.0 Å². The Balaban J connectivity index is 2.22. The standard InChI is InChI=1S/C18H24N8O4/c1-8-30-17(27)11-10(4)21-25(28)15(11)20-19-12-13(18(5,6)7)22-24-14(9(2)3)23-26(29)16(12)24/h9H,8H2,1-7H3/q-2. The van der Waals surface area contributed by atoms with E-state index < -0.39 is 11.4 Å². The fourth-order valence-corrected chi connectivity index (χ4v) is 2.99. The van der Waals surface area contributed by atoms with Gasteiger partial charge >= 0.3 is 5.97 Å². The monoisotopic (exact) mass is 416 g/mol. The maximum Gasteiger partial charge on any atom is 0.343 e. The molecule has 0 aliphatic heterocycles. The van der Waals surface area contributed by atoms with E-state index in [1.807, 2.05) is 34.6 Å². The second kappa shape index (κ2) is 7.43. The molecule has 0 amide bonds. The Morgan fingerprint density at radius 1 is 1.13 bits per heavy atom. The van der Waals surface area contributed by atoms with Crippen LogP contribution in [-0.4, -0.2) is 42.1 Å². The summed E-state index contributed by atoms with van der Waals surface area (Å²) in [4.78, 5) is 12.9. The predicted octanol–water partition coefficient (Wildman–Crippen LogP) is 3.74. The minimum Gasteiger partial charge on any atom is -0.789 e. The first-order valence-electron chi connectivity index (χ1n) is 9.53. The molecule has 0 bridgehead atoms. The second-order valence-electron chi connectivity index (χ2n) is 8.15. The molecule has 30 heavy (non-hydrogen) atoms. The largest absolute Gasteiger partial charge is 0.789 e. The number of aromatic nitrogens is 6. The molecule has 0 spiro atoms. The summed E-state index contributed by atoms with van der Waals surface area (Å²) < 4.78 is 6.43. The highest BCUT2D eigenvalue weighted by molar-refractivity contribution is 5.95. The van der Waals surface area contributed by atoms with Gasteiger partial charge in [0.25, 0.3) is 0 Å². The van der Waals surface area contributed by atoms with Crippen molar-refractivity contribution in [3.8, 4) is 0 Å². The van der Waals surface area contributed by atoms with Gasteiger partial charge in [-0.25, -0.2) is 4.79 Å². The van der Waals surface area contributed by atoms with Crippen LogP contribution in [0.2, 0.25) is 0 Å². The highest BCUT2D eigenvalue weighted by Gasteiger charge is 2.28. The molecule has 0 aliphatic rings. The lowest BCUT2D eigenvalue weighted by molar-refractivity contribution is 0.0526. The average Bonchev–Trinajstić information content (AvgIpc) is 3.24. The number of hydrogen-bond acceptors (Lipinski definition) is 9. The lowest BCUT2D eigenvalue weighted by Gasteiger charge is -2.16. The van der Waals surface area contributed by atoms with Crippen molar-refractivity contribution < 1.29 is 9.53 Å². The molecule has 0 saturated heterocycles. The van der Waals surface area contributed by atoms with E-state index in [0.29, 0.717) is 16.4 Å². The predicted molar refractivity (Wildman–Crippen MR) is 108 cm³/mol. The van der Waals surface area contributed by atoms with Crippen molar-refractivity contribution in [1.82, 2.24) is 29.5 Å². The molecule has 0 aromatic carbocycles. The summed E-state index contributed by atoms with van der Waals surface area (Å²) in [5.41, 5.74) is 0.386. The number of nitrogens with zero attached hydrogens (tertiary/aromatic N) is 8. The first-order chi connectivity index (χ1) is 14.0. The van der Waals surface area contributed by atoms with E-state index >= 15 is 0 Å². The molecule has 3 aromatic heterocycles. The van der Waals surface area contributed by atoms with E-state index in [4.69, 9.17) is 4.74 Å². The van der Waals surface area contributed by atoms with E-state index in [1.165, 1.54) is 11.4 Å². The van der Waals surface area contributed by atoms with Crippen LogP contribution < -0.4 is 0 Å². The average molecular weight is 416 g/mol. The second-order valence-corrected chi connectivity index (χ2v) is 8.15. The van der Waals surface area contributed by atoms with Gasteiger partial charge in [-0.1, -0.05) is 34.6 Å². The molecule has 3 heterocycles. The SMILES string of the molecule is CCOC(=O)c1c(C)nn([O-])c1N=Nc1c(C(C)(C)C)nn2c(C(C)C)nn([O-])c12. The fourth-order valence-electron chi connectivity index (χ4n) is 2.99. The molecule has 3 rings (SSSR count). The van der Waals surface area contributed by atoms with Crippen molar-refractivity contribution in [1.29, 1.82) is 0 Å². The zero-order chi connectivity index (χ0) is 22.4. The third kappa shape index (κ3) is 3.48. The van der Waals surface area contributed by atoms with Gasteiger partial charge in [0.2, 0.25) is 0 Å². The Labute approximate surface area is 172 Å². The molecular weight excluding hydrogens is 392 g/mol. The number of rotatable bonds is 5. The molecule has 0 saturated carbocycles.